The molecule has 30 heavy (non-hydrogen) atoms. The largest absolute Gasteiger partial charge is 0.452 e. The number of benzene rings is 2. The van der Waals surface area contributed by atoms with Crippen LogP contribution in [0.1, 0.15) is 35.3 Å². The van der Waals surface area contributed by atoms with Gasteiger partial charge in [-0.25, -0.2) is 13.2 Å². The number of carbonyl (C=O) groups excluding carboxylic acids is 2. The summed E-state index contributed by atoms with van der Waals surface area (Å²) in [5.74, 6) is -0.865. The number of hydrogen-bond acceptors (Lipinski definition) is 5. The smallest absolute Gasteiger partial charge is 0.338 e. The van der Waals surface area contributed by atoms with Crippen molar-refractivity contribution >= 4 is 33.3 Å². The average molecular weight is 429 g/mol. The molecule has 2 unspecified atom stereocenters. The van der Waals surface area contributed by atoms with Crippen LogP contribution in [0.4, 0.5) is 11.4 Å². The fourth-order valence-electron chi connectivity index (χ4n) is 4.46. The maximum atomic E-state index is 12.7. The molecule has 0 aromatic heterocycles. The molecule has 0 aliphatic carbocycles. The van der Waals surface area contributed by atoms with Gasteiger partial charge >= 0.3 is 5.97 Å². The quantitative estimate of drug-likeness (QED) is 0.699. The van der Waals surface area contributed by atoms with E-state index in [-0.39, 0.29) is 24.6 Å². The first-order chi connectivity index (χ1) is 14.2. The van der Waals surface area contributed by atoms with Gasteiger partial charge in [0.15, 0.2) is 6.61 Å². The van der Waals surface area contributed by atoms with Gasteiger partial charge < -0.3 is 9.64 Å². The topological polar surface area (TPSA) is 84.0 Å². The molecule has 7 nitrogen and oxygen atoms in total. The molecule has 0 spiro atoms. The Kier molecular flexibility index (Phi) is 5.05. The lowest BCUT2D eigenvalue weighted by Gasteiger charge is -2.22. The van der Waals surface area contributed by atoms with Crippen molar-refractivity contribution in [3.05, 3.63) is 59.2 Å². The van der Waals surface area contributed by atoms with Gasteiger partial charge in [0.2, 0.25) is 10.0 Å². The van der Waals surface area contributed by atoms with Crippen molar-refractivity contribution in [3.8, 4) is 0 Å². The van der Waals surface area contributed by atoms with E-state index in [0.717, 1.165) is 23.2 Å². The summed E-state index contributed by atoms with van der Waals surface area (Å²) in [4.78, 5) is 26.9. The minimum atomic E-state index is -3.39. The molecule has 2 heterocycles. The van der Waals surface area contributed by atoms with Gasteiger partial charge in [0, 0.05) is 17.8 Å². The fourth-order valence-corrected chi connectivity index (χ4v) is 5.72. The van der Waals surface area contributed by atoms with E-state index in [1.54, 1.807) is 17.0 Å². The summed E-state index contributed by atoms with van der Waals surface area (Å²) in [5, 5.41) is 0. The van der Waals surface area contributed by atoms with E-state index in [1.165, 1.54) is 16.6 Å². The van der Waals surface area contributed by atoms with Crippen LogP contribution in [0.5, 0.6) is 0 Å². The van der Waals surface area contributed by atoms with Gasteiger partial charge in [-0.05, 0) is 62.1 Å². The highest BCUT2D eigenvalue weighted by atomic mass is 32.2. The zero-order chi connectivity index (χ0) is 21.6. The Morgan fingerprint density at radius 2 is 1.70 bits per heavy atom. The van der Waals surface area contributed by atoms with E-state index in [1.807, 2.05) is 38.1 Å². The third kappa shape index (κ3) is 3.56. The number of sulfonamides is 1. The van der Waals surface area contributed by atoms with E-state index in [2.05, 4.69) is 0 Å². The standard InChI is InChI=1S/C22H24N2O5S/c1-14-10-16-6-4-5-7-19(16)23(14)21(25)13-29-22(26)17-8-9-20-18(12-17)11-15(2)24(20)30(3,27)28/h4-9,12,14-15H,10-11,13H2,1-3H3. The van der Waals surface area contributed by atoms with Crippen LogP contribution in [0.3, 0.4) is 0 Å². The summed E-state index contributed by atoms with van der Waals surface area (Å²) >= 11 is 0. The second kappa shape index (κ2) is 7.43. The molecule has 158 valence electrons. The Hall–Kier alpha value is -2.87. The van der Waals surface area contributed by atoms with E-state index < -0.39 is 16.0 Å². The van der Waals surface area contributed by atoms with Gasteiger partial charge in [-0.15, -0.1) is 0 Å². The summed E-state index contributed by atoms with van der Waals surface area (Å²) in [5.41, 5.74) is 3.63. The Morgan fingerprint density at radius 1 is 1.00 bits per heavy atom. The number of hydrogen-bond donors (Lipinski definition) is 0. The Morgan fingerprint density at radius 3 is 2.43 bits per heavy atom. The maximum absolute atomic E-state index is 12.7. The summed E-state index contributed by atoms with van der Waals surface area (Å²) in [6, 6.07) is 12.3. The summed E-state index contributed by atoms with van der Waals surface area (Å²) in [6.45, 7) is 3.45. The molecule has 2 aromatic carbocycles. The van der Waals surface area contributed by atoms with Gasteiger partial charge in [0.25, 0.3) is 5.91 Å². The van der Waals surface area contributed by atoms with Gasteiger partial charge in [0.05, 0.1) is 17.5 Å². The number of ether oxygens (including phenoxy) is 1. The van der Waals surface area contributed by atoms with Crippen molar-refractivity contribution < 1.29 is 22.7 Å². The van der Waals surface area contributed by atoms with Gasteiger partial charge in [-0.1, -0.05) is 18.2 Å². The second-order valence-electron chi connectivity index (χ2n) is 7.98. The number of carbonyl (C=O) groups is 2. The lowest BCUT2D eigenvalue weighted by Crippen LogP contribution is -2.38. The van der Waals surface area contributed by atoms with Crippen LogP contribution in [-0.2, 0) is 32.4 Å². The van der Waals surface area contributed by atoms with Crippen LogP contribution in [-0.4, -0.2) is 45.2 Å². The first-order valence-electron chi connectivity index (χ1n) is 9.86. The number of amides is 1. The highest BCUT2D eigenvalue weighted by Gasteiger charge is 2.34. The van der Waals surface area contributed by atoms with E-state index in [4.69, 9.17) is 4.74 Å². The molecular formula is C22H24N2O5S. The summed E-state index contributed by atoms with van der Waals surface area (Å²) in [7, 11) is -3.39. The second-order valence-corrected chi connectivity index (χ2v) is 9.84. The van der Waals surface area contributed by atoms with Gasteiger partial charge in [-0.2, -0.15) is 0 Å². The molecule has 0 saturated carbocycles. The molecule has 0 saturated heterocycles. The number of nitrogens with zero attached hydrogens (tertiary/aromatic N) is 2. The zero-order valence-electron chi connectivity index (χ0n) is 17.2. The minimum Gasteiger partial charge on any atom is -0.452 e. The summed E-state index contributed by atoms with van der Waals surface area (Å²) < 4.78 is 30.7. The molecule has 2 aliphatic heterocycles. The van der Waals surface area contributed by atoms with E-state index >= 15 is 0 Å². The van der Waals surface area contributed by atoms with Gasteiger partial charge in [0.1, 0.15) is 0 Å². The fraction of sp³-hybridized carbons (Fsp3) is 0.364. The first kappa shape index (κ1) is 20.4. The van der Waals surface area contributed by atoms with Crippen LogP contribution in [0.25, 0.3) is 0 Å². The van der Waals surface area contributed by atoms with Crippen molar-refractivity contribution in [2.45, 2.75) is 38.8 Å². The van der Waals surface area contributed by atoms with Crippen LogP contribution < -0.4 is 9.21 Å². The normalized spacial score (nSPS) is 20.1. The van der Waals surface area contributed by atoms with E-state index in [9.17, 15) is 18.0 Å². The predicted octanol–water partition coefficient (Wildman–Crippen LogP) is 2.53. The van der Waals surface area contributed by atoms with Crippen molar-refractivity contribution in [1.82, 2.24) is 0 Å². The van der Waals surface area contributed by atoms with Crippen LogP contribution in [0, 0.1) is 0 Å². The van der Waals surface area contributed by atoms with Crippen molar-refractivity contribution in [2.75, 3.05) is 22.1 Å². The predicted molar refractivity (Wildman–Crippen MR) is 114 cm³/mol. The molecule has 0 bridgehead atoms. The van der Waals surface area contributed by atoms with Crippen LogP contribution in [0.2, 0.25) is 0 Å². The lowest BCUT2D eigenvalue weighted by molar-refractivity contribution is -0.122. The Balaban J connectivity index is 1.46. The SMILES string of the molecule is CC1Cc2ccccc2N1C(=O)COC(=O)c1ccc2c(c1)CC(C)N2S(C)(=O)=O. The molecule has 2 atom stereocenters. The number of para-hydroxylation sites is 1. The minimum absolute atomic E-state index is 0.0112. The highest BCUT2D eigenvalue weighted by Crippen LogP contribution is 2.35. The molecule has 2 aromatic rings. The van der Waals surface area contributed by atoms with Crippen molar-refractivity contribution in [3.63, 3.8) is 0 Å². The van der Waals surface area contributed by atoms with Crippen molar-refractivity contribution in [1.29, 1.82) is 0 Å². The Bertz CT molecular complexity index is 1130. The molecule has 0 fully saturated rings. The Labute approximate surface area is 176 Å². The van der Waals surface area contributed by atoms with Crippen LogP contribution >= 0.6 is 0 Å². The first-order valence-corrected chi connectivity index (χ1v) is 11.7. The molecule has 0 radical (unpaired) electrons. The maximum Gasteiger partial charge on any atom is 0.338 e. The molecule has 1 amide bonds. The molecule has 0 N–H and O–H groups in total. The van der Waals surface area contributed by atoms with E-state index in [0.29, 0.717) is 17.7 Å². The monoisotopic (exact) mass is 428 g/mol. The number of anilines is 2. The molecule has 2 aliphatic rings. The number of esters is 1. The van der Waals surface area contributed by atoms with Crippen molar-refractivity contribution in [2.24, 2.45) is 0 Å². The number of rotatable bonds is 4. The third-order valence-electron chi connectivity index (χ3n) is 5.63. The highest BCUT2D eigenvalue weighted by molar-refractivity contribution is 7.92. The average Bonchev–Trinajstić information content (AvgIpc) is 3.19. The molecule has 8 heteroatoms. The van der Waals surface area contributed by atoms with Crippen LogP contribution in [0.15, 0.2) is 42.5 Å². The lowest BCUT2D eigenvalue weighted by atomic mass is 10.1. The molecule has 4 rings (SSSR count). The zero-order valence-corrected chi connectivity index (χ0v) is 18.0. The number of fused-ring (bicyclic) bond motifs is 2. The summed E-state index contributed by atoms with van der Waals surface area (Å²) in [6.07, 6.45) is 2.46. The molecular weight excluding hydrogens is 404 g/mol. The van der Waals surface area contributed by atoms with Gasteiger partial charge in [-0.3, -0.25) is 9.10 Å². The third-order valence-corrected chi connectivity index (χ3v) is 6.90.